The number of piperidine rings is 1. The number of aromatic nitrogens is 2. The minimum Gasteiger partial charge on any atom is -0.306 e. The highest BCUT2D eigenvalue weighted by Crippen LogP contribution is 2.22. The molecule has 0 amide bonds. The lowest BCUT2D eigenvalue weighted by Gasteiger charge is -2.41. The zero-order valence-electron chi connectivity index (χ0n) is 13.5. The summed E-state index contributed by atoms with van der Waals surface area (Å²) in [7, 11) is 0. The van der Waals surface area contributed by atoms with Crippen LogP contribution < -0.4 is 5.32 Å². The zero-order chi connectivity index (χ0) is 14.8. The number of hydrogen-bond donors (Lipinski definition) is 1. The molecular formula is C16H28N4. The minimum absolute atomic E-state index is 0.273. The first-order valence-electron chi connectivity index (χ1n) is 7.66. The maximum Gasteiger partial charge on any atom is 0.0782 e. The van der Waals surface area contributed by atoms with E-state index in [2.05, 4.69) is 47.9 Å². The summed E-state index contributed by atoms with van der Waals surface area (Å²) in [5.41, 5.74) is 2.39. The van der Waals surface area contributed by atoms with Crippen LogP contribution in [0.4, 0.5) is 0 Å². The highest BCUT2D eigenvalue weighted by molar-refractivity contribution is 5.12. The molecule has 1 atom stereocenters. The maximum absolute atomic E-state index is 4.46. The number of hydrogen-bond acceptors (Lipinski definition) is 4. The average Bonchev–Trinajstić information content (AvgIpc) is 2.38. The van der Waals surface area contributed by atoms with E-state index in [1.165, 1.54) is 25.9 Å². The Labute approximate surface area is 123 Å². The Morgan fingerprint density at radius 3 is 2.35 bits per heavy atom. The second-order valence-corrected chi connectivity index (χ2v) is 6.85. The van der Waals surface area contributed by atoms with E-state index in [4.69, 9.17) is 0 Å². The molecule has 1 aromatic heterocycles. The predicted octanol–water partition coefficient (Wildman–Crippen LogP) is 2.70. The summed E-state index contributed by atoms with van der Waals surface area (Å²) in [5.74, 6) is 0. The van der Waals surface area contributed by atoms with Gasteiger partial charge in [0.25, 0.3) is 0 Å². The summed E-state index contributed by atoms with van der Waals surface area (Å²) < 4.78 is 0. The average molecular weight is 276 g/mol. The standard InChI is InChI=1S/C16H28N4/c1-12-15(18-9-8-17-12)13(2)19-14-6-10-20(11-7-14)16(3,4)5/h8-9,13-14,19H,6-7,10-11H2,1-5H3. The van der Waals surface area contributed by atoms with Gasteiger partial charge in [0.1, 0.15) is 0 Å². The molecule has 112 valence electrons. The number of nitrogens with one attached hydrogen (secondary N) is 1. The van der Waals surface area contributed by atoms with E-state index in [-0.39, 0.29) is 11.6 Å². The Morgan fingerprint density at radius 1 is 1.20 bits per heavy atom. The first kappa shape index (κ1) is 15.4. The van der Waals surface area contributed by atoms with Crippen LogP contribution in [0.3, 0.4) is 0 Å². The molecule has 4 nitrogen and oxygen atoms in total. The van der Waals surface area contributed by atoms with E-state index in [0.717, 1.165) is 11.4 Å². The monoisotopic (exact) mass is 276 g/mol. The quantitative estimate of drug-likeness (QED) is 0.921. The van der Waals surface area contributed by atoms with Gasteiger partial charge in [-0.05, 0) is 47.5 Å². The van der Waals surface area contributed by atoms with E-state index in [1.54, 1.807) is 12.4 Å². The van der Waals surface area contributed by atoms with Gasteiger partial charge in [-0.1, -0.05) is 0 Å². The van der Waals surface area contributed by atoms with Gasteiger partial charge in [-0.2, -0.15) is 0 Å². The summed E-state index contributed by atoms with van der Waals surface area (Å²) in [6.45, 7) is 13.5. The molecule has 0 radical (unpaired) electrons. The lowest BCUT2D eigenvalue weighted by molar-refractivity contribution is 0.0941. The summed E-state index contributed by atoms with van der Waals surface area (Å²) in [4.78, 5) is 11.4. The molecule has 20 heavy (non-hydrogen) atoms. The number of rotatable bonds is 3. The molecule has 1 aliphatic rings. The van der Waals surface area contributed by atoms with Crippen molar-refractivity contribution in [1.82, 2.24) is 20.2 Å². The molecule has 0 spiro atoms. The lowest BCUT2D eigenvalue weighted by Crippen LogP contribution is -2.50. The smallest absolute Gasteiger partial charge is 0.0782 e. The molecule has 1 saturated heterocycles. The van der Waals surface area contributed by atoms with Crippen LogP contribution in [-0.4, -0.2) is 39.5 Å². The second kappa shape index (κ2) is 6.19. The van der Waals surface area contributed by atoms with E-state index in [0.29, 0.717) is 6.04 Å². The van der Waals surface area contributed by atoms with Gasteiger partial charge in [-0.3, -0.25) is 14.9 Å². The van der Waals surface area contributed by atoms with Gasteiger partial charge in [-0.25, -0.2) is 0 Å². The van der Waals surface area contributed by atoms with Crippen LogP contribution in [0, 0.1) is 6.92 Å². The van der Waals surface area contributed by atoms with Gasteiger partial charge in [0, 0.05) is 43.1 Å². The predicted molar refractivity (Wildman–Crippen MR) is 82.7 cm³/mol. The third kappa shape index (κ3) is 3.76. The first-order valence-corrected chi connectivity index (χ1v) is 7.66. The molecule has 1 aliphatic heterocycles. The van der Waals surface area contributed by atoms with Gasteiger partial charge < -0.3 is 5.32 Å². The van der Waals surface area contributed by atoms with Gasteiger partial charge in [0.05, 0.1) is 11.4 Å². The van der Waals surface area contributed by atoms with E-state index < -0.39 is 0 Å². The number of aryl methyl sites for hydroxylation is 1. The van der Waals surface area contributed by atoms with Crippen molar-refractivity contribution in [3.05, 3.63) is 23.8 Å². The Bertz CT molecular complexity index is 430. The molecule has 4 heteroatoms. The summed E-state index contributed by atoms with van der Waals surface area (Å²) in [6.07, 6.45) is 5.96. The minimum atomic E-state index is 0.273. The van der Waals surface area contributed by atoms with Crippen LogP contribution in [0.1, 0.15) is 58.0 Å². The highest BCUT2D eigenvalue weighted by atomic mass is 15.2. The van der Waals surface area contributed by atoms with Crippen LogP contribution in [-0.2, 0) is 0 Å². The van der Waals surface area contributed by atoms with Crippen molar-refractivity contribution in [3.8, 4) is 0 Å². The molecule has 0 aliphatic carbocycles. The van der Waals surface area contributed by atoms with Crippen molar-refractivity contribution in [2.24, 2.45) is 0 Å². The van der Waals surface area contributed by atoms with Crippen LogP contribution in [0.25, 0.3) is 0 Å². The largest absolute Gasteiger partial charge is 0.306 e. The molecule has 1 aromatic rings. The summed E-state index contributed by atoms with van der Waals surface area (Å²) >= 11 is 0. The first-order chi connectivity index (χ1) is 9.38. The van der Waals surface area contributed by atoms with Crippen molar-refractivity contribution < 1.29 is 0 Å². The number of nitrogens with zero attached hydrogens (tertiary/aromatic N) is 3. The van der Waals surface area contributed by atoms with Gasteiger partial charge >= 0.3 is 0 Å². The fourth-order valence-corrected chi connectivity index (χ4v) is 2.99. The van der Waals surface area contributed by atoms with E-state index in [1.807, 2.05) is 6.92 Å². The SMILES string of the molecule is Cc1nccnc1C(C)NC1CCN(C(C)(C)C)CC1. The van der Waals surface area contributed by atoms with Crippen LogP contribution in [0.2, 0.25) is 0 Å². The molecule has 1 fully saturated rings. The van der Waals surface area contributed by atoms with Gasteiger partial charge in [-0.15, -0.1) is 0 Å². The normalized spacial score (nSPS) is 20.1. The molecule has 2 rings (SSSR count). The second-order valence-electron chi connectivity index (χ2n) is 6.85. The van der Waals surface area contributed by atoms with Gasteiger partial charge in [0.2, 0.25) is 0 Å². The fourth-order valence-electron chi connectivity index (χ4n) is 2.99. The fraction of sp³-hybridized carbons (Fsp3) is 0.750. The van der Waals surface area contributed by atoms with Crippen molar-refractivity contribution in [2.45, 2.75) is 65.1 Å². The van der Waals surface area contributed by atoms with E-state index >= 15 is 0 Å². The van der Waals surface area contributed by atoms with Gasteiger partial charge in [0.15, 0.2) is 0 Å². The van der Waals surface area contributed by atoms with Crippen LogP contribution in [0.5, 0.6) is 0 Å². The highest BCUT2D eigenvalue weighted by Gasteiger charge is 2.27. The number of likely N-dealkylation sites (tertiary alicyclic amines) is 1. The summed E-state index contributed by atoms with van der Waals surface area (Å²) in [5, 5.41) is 3.72. The summed E-state index contributed by atoms with van der Waals surface area (Å²) in [6, 6.07) is 0.861. The Morgan fingerprint density at radius 2 is 1.80 bits per heavy atom. The maximum atomic E-state index is 4.46. The topological polar surface area (TPSA) is 41.1 Å². The Balaban J connectivity index is 1.88. The molecule has 2 heterocycles. The van der Waals surface area contributed by atoms with Crippen molar-refractivity contribution in [3.63, 3.8) is 0 Å². The molecule has 0 bridgehead atoms. The van der Waals surface area contributed by atoms with Crippen molar-refractivity contribution >= 4 is 0 Å². The molecule has 1 N–H and O–H groups in total. The van der Waals surface area contributed by atoms with Crippen molar-refractivity contribution in [2.75, 3.05) is 13.1 Å². The lowest BCUT2D eigenvalue weighted by atomic mass is 9.97. The third-order valence-corrected chi connectivity index (χ3v) is 4.26. The van der Waals surface area contributed by atoms with Crippen LogP contribution in [0.15, 0.2) is 12.4 Å². The van der Waals surface area contributed by atoms with E-state index in [9.17, 15) is 0 Å². The zero-order valence-corrected chi connectivity index (χ0v) is 13.5. The molecular weight excluding hydrogens is 248 g/mol. The molecule has 1 unspecified atom stereocenters. The van der Waals surface area contributed by atoms with Crippen molar-refractivity contribution in [1.29, 1.82) is 0 Å². The Kier molecular flexibility index (Phi) is 4.76. The Hall–Kier alpha value is -1.00. The third-order valence-electron chi connectivity index (χ3n) is 4.26. The molecule has 0 aromatic carbocycles. The van der Waals surface area contributed by atoms with Crippen LogP contribution >= 0.6 is 0 Å². The molecule has 0 saturated carbocycles.